The van der Waals surface area contributed by atoms with Crippen molar-refractivity contribution < 1.29 is 34.2 Å². The van der Waals surface area contributed by atoms with Crippen LogP contribution in [0.3, 0.4) is 0 Å². The van der Waals surface area contributed by atoms with Gasteiger partial charge in [0.05, 0.1) is 17.3 Å². The Morgan fingerprint density at radius 1 is 0.929 bits per heavy atom. The number of likely N-dealkylation sites (N-methyl/N-ethyl adjacent to an activating group) is 1. The number of aliphatic carboxylic acids is 2. The fourth-order valence-electron chi connectivity index (χ4n) is 4.28. The summed E-state index contributed by atoms with van der Waals surface area (Å²) in [5.74, 6) is -4.24. The molecule has 0 bridgehead atoms. The molecule has 3 amide bonds. The summed E-state index contributed by atoms with van der Waals surface area (Å²) >= 11 is 0. The highest BCUT2D eigenvalue weighted by Gasteiger charge is 2.25. The number of carboxylic acid groups (broad SMARTS) is 2. The van der Waals surface area contributed by atoms with E-state index in [1.807, 2.05) is 36.1 Å². The molecule has 0 saturated carbocycles. The van der Waals surface area contributed by atoms with Crippen LogP contribution in [-0.4, -0.2) is 70.4 Å². The number of nitrogens with zero attached hydrogens (tertiary/aromatic N) is 4. The number of carbonyl (C=O) groups is 5. The van der Waals surface area contributed by atoms with Gasteiger partial charge in [-0.05, 0) is 74.7 Å². The van der Waals surface area contributed by atoms with E-state index in [1.165, 1.54) is 17.1 Å². The molecule has 0 aromatic heterocycles. The number of nitrogens with two attached hydrogens (primary N) is 1. The Morgan fingerprint density at radius 2 is 1.50 bits per heavy atom. The molecule has 2 unspecified atom stereocenters. The van der Waals surface area contributed by atoms with Crippen molar-refractivity contribution >= 4 is 52.4 Å². The average molecular weight is 579 g/mol. The summed E-state index contributed by atoms with van der Waals surface area (Å²) in [6, 6.07) is 12.9. The van der Waals surface area contributed by atoms with E-state index in [1.54, 1.807) is 24.3 Å². The Morgan fingerprint density at radius 3 is 2.02 bits per heavy atom. The Balaban J connectivity index is 1.46. The molecule has 3 rings (SSSR count). The van der Waals surface area contributed by atoms with Gasteiger partial charge in [0, 0.05) is 49.6 Å². The zero-order valence-corrected chi connectivity index (χ0v) is 23.2. The quantitative estimate of drug-likeness (QED) is 0.170. The number of nitrogens with one attached hydrogen (secondary N) is 1. The molecule has 0 spiro atoms. The van der Waals surface area contributed by atoms with Gasteiger partial charge >= 0.3 is 11.9 Å². The summed E-state index contributed by atoms with van der Waals surface area (Å²) in [6.07, 6.45) is 2.83. The minimum atomic E-state index is -1.27. The smallest absolute Gasteiger partial charge is 0.320 e. The lowest BCUT2D eigenvalue weighted by molar-refractivity contribution is -0.144. The number of hydrogen-bond acceptors (Lipinski definition) is 9. The molecule has 5 N–H and O–H groups in total. The van der Waals surface area contributed by atoms with E-state index >= 15 is 0 Å². The number of amides is 3. The van der Waals surface area contributed by atoms with Gasteiger partial charge in [-0.1, -0.05) is 0 Å². The number of benzene rings is 2. The van der Waals surface area contributed by atoms with Crippen LogP contribution in [0.5, 0.6) is 0 Å². The zero-order valence-electron chi connectivity index (χ0n) is 23.2. The Hall–Kier alpha value is -4.91. The van der Waals surface area contributed by atoms with Crippen molar-refractivity contribution in [3.8, 4) is 0 Å². The van der Waals surface area contributed by atoms with Crippen LogP contribution in [-0.2, 0) is 24.0 Å². The highest BCUT2D eigenvalue weighted by molar-refractivity contribution is 6.12. The number of rotatable bonds is 16. The van der Waals surface area contributed by atoms with Gasteiger partial charge in [-0.25, -0.2) is 0 Å². The van der Waals surface area contributed by atoms with Crippen LogP contribution in [0.1, 0.15) is 32.6 Å². The predicted octanol–water partition coefficient (Wildman–Crippen LogP) is 3.46. The number of imide groups is 1. The molecule has 0 radical (unpaired) electrons. The van der Waals surface area contributed by atoms with Gasteiger partial charge < -0.3 is 26.2 Å². The van der Waals surface area contributed by atoms with Crippen LogP contribution in [0.15, 0.2) is 70.9 Å². The van der Waals surface area contributed by atoms with Gasteiger partial charge in [-0.3, -0.25) is 28.9 Å². The van der Waals surface area contributed by atoms with Crippen molar-refractivity contribution in [2.75, 3.05) is 29.9 Å². The Labute approximate surface area is 242 Å². The molecule has 1 heterocycles. The normalized spacial score (nSPS) is 14.3. The number of anilines is 2. The lowest BCUT2D eigenvalue weighted by Gasteiger charge is -2.25. The van der Waals surface area contributed by atoms with Gasteiger partial charge in [0.15, 0.2) is 0 Å². The van der Waals surface area contributed by atoms with E-state index < -0.39 is 23.9 Å². The summed E-state index contributed by atoms with van der Waals surface area (Å²) in [4.78, 5) is 61.3. The summed E-state index contributed by atoms with van der Waals surface area (Å²) in [5, 5.41) is 29.4. The highest BCUT2D eigenvalue weighted by Crippen LogP contribution is 2.24. The van der Waals surface area contributed by atoms with Gasteiger partial charge in [0.1, 0.15) is 6.04 Å². The SMILES string of the molecule is CCN(CCN1C(=O)C=CC1=O)c1ccc(/N=N/c2ccc(NC(=O)CCCC(CC(N)C(=O)O)C(=O)O)cc2)cc1. The monoisotopic (exact) mass is 578 g/mol. The largest absolute Gasteiger partial charge is 0.481 e. The summed E-state index contributed by atoms with van der Waals surface area (Å²) in [5.41, 5.74) is 8.10. The maximum absolute atomic E-state index is 12.3. The molecular weight excluding hydrogens is 544 g/mol. The molecule has 0 aliphatic carbocycles. The lowest BCUT2D eigenvalue weighted by Crippen LogP contribution is -2.38. The second-order valence-electron chi connectivity index (χ2n) is 9.66. The van der Waals surface area contributed by atoms with Gasteiger partial charge in [-0.15, -0.1) is 0 Å². The molecule has 13 heteroatoms. The number of carbonyl (C=O) groups excluding carboxylic acids is 3. The first kappa shape index (κ1) is 31.6. The minimum Gasteiger partial charge on any atom is -0.481 e. The van der Waals surface area contributed by atoms with E-state index in [0.29, 0.717) is 36.7 Å². The Bertz CT molecular complexity index is 1320. The number of carboxylic acids is 2. The van der Waals surface area contributed by atoms with Gasteiger partial charge in [0.2, 0.25) is 5.91 Å². The molecule has 2 aromatic rings. The van der Waals surface area contributed by atoms with Crippen LogP contribution in [0.2, 0.25) is 0 Å². The third-order valence-corrected chi connectivity index (χ3v) is 6.68. The standard InChI is InChI=1S/C29H34N6O7/c1-2-34(16-17-35-26(37)14-15-27(35)38)23-12-10-22(11-13-23)33-32-21-8-6-20(7-9-21)31-25(36)5-3-4-19(28(39)40)18-24(30)29(41)42/h6-15,19,24H,2-5,16-18,30H2,1H3,(H,31,36)(H,39,40)(H,41,42)/b33-32+. The molecule has 1 aliphatic rings. The van der Waals surface area contributed by atoms with Crippen LogP contribution in [0.25, 0.3) is 0 Å². The molecule has 2 aromatic carbocycles. The van der Waals surface area contributed by atoms with E-state index in [-0.39, 0.29) is 43.4 Å². The molecule has 0 fully saturated rings. The minimum absolute atomic E-state index is 0.0741. The molecule has 0 saturated heterocycles. The molecule has 1 aliphatic heterocycles. The second-order valence-corrected chi connectivity index (χ2v) is 9.66. The Kier molecular flexibility index (Phi) is 11.4. The summed E-state index contributed by atoms with van der Waals surface area (Å²) in [7, 11) is 0. The van der Waals surface area contributed by atoms with E-state index in [2.05, 4.69) is 15.5 Å². The lowest BCUT2D eigenvalue weighted by atomic mass is 9.94. The van der Waals surface area contributed by atoms with E-state index in [0.717, 1.165) is 5.69 Å². The number of azo groups is 1. The average Bonchev–Trinajstić information content (AvgIpc) is 3.29. The van der Waals surface area contributed by atoms with Gasteiger partial charge in [-0.2, -0.15) is 10.2 Å². The van der Waals surface area contributed by atoms with Crippen molar-refractivity contribution in [2.45, 2.75) is 38.6 Å². The van der Waals surface area contributed by atoms with Crippen molar-refractivity contribution in [3.05, 3.63) is 60.7 Å². The maximum atomic E-state index is 12.3. The fourth-order valence-corrected chi connectivity index (χ4v) is 4.28. The first-order chi connectivity index (χ1) is 20.1. The van der Waals surface area contributed by atoms with E-state index in [9.17, 15) is 29.1 Å². The first-order valence-corrected chi connectivity index (χ1v) is 13.5. The number of hydrogen-bond donors (Lipinski definition) is 4. The summed E-state index contributed by atoms with van der Waals surface area (Å²) in [6.45, 7) is 3.48. The van der Waals surface area contributed by atoms with Crippen molar-refractivity contribution in [1.82, 2.24) is 4.90 Å². The third-order valence-electron chi connectivity index (χ3n) is 6.68. The van der Waals surface area contributed by atoms with Crippen molar-refractivity contribution in [1.29, 1.82) is 0 Å². The molecule has 13 nitrogen and oxygen atoms in total. The second kappa shape index (κ2) is 15.2. The van der Waals surface area contributed by atoms with Crippen LogP contribution in [0, 0.1) is 5.92 Å². The van der Waals surface area contributed by atoms with Gasteiger partial charge in [0.25, 0.3) is 11.8 Å². The summed E-state index contributed by atoms with van der Waals surface area (Å²) < 4.78 is 0. The first-order valence-electron chi connectivity index (χ1n) is 13.5. The fraction of sp³-hybridized carbons (Fsp3) is 0.345. The topological polar surface area (TPSA) is 195 Å². The molecular formula is C29H34N6O7. The highest BCUT2D eigenvalue weighted by atomic mass is 16.4. The van der Waals surface area contributed by atoms with Crippen LogP contribution >= 0.6 is 0 Å². The molecule has 222 valence electrons. The maximum Gasteiger partial charge on any atom is 0.320 e. The zero-order chi connectivity index (χ0) is 30.6. The van der Waals surface area contributed by atoms with Crippen molar-refractivity contribution in [3.63, 3.8) is 0 Å². The predicted molar refractivity (Wildman–Crippen MR) is 155 cm³/mol. The molecule has 2 atom stereocenters. The third kappa shape index (κ3) is 9.34. The van der Waals surface area contributed by atoms with E-state index in [4.69, 9.17) is 10.8 Å². The van der Waals surface area contributed by atoms with Crippen LogP contribution in [0.4, 0.5) is 22.7 Å². The molecule has 42 heavy (non-hydrogen) atoms. The van der Waals surface area contributed by atoms with Crippen molar-refractivity contribution in [2.24, 2.45) is 21.9 Å². The van der Waals surface area contributed by atoms with Crippen LogP contribution < -0.4 is 16.0 Å².